The SMILES string of the molecule is CCC(C)c1ccc(S(=O)(=O)N2CCN(C(=O)CNCC3CC3)CC2)cc1.Cl. The van der Waals surface area contributed by atoms with Crippen molar-refractivity contribution in [3.63, 3.8) is 0 Å². The lowest BCUT2D eigenvalue weighted by Gasteiger charge is -2.34. The molecule has 1 aromatic carbocycles. The van der Waals surface area contributed by atoms with Crippen molar-refractivity contribution in [2.45, 2.75) is 43.9 Å². The Bertz CT molecular complexity index is 742. The predicted octanol–water partition coefficient (Wildman–Crippen LogP) is 2.45. The quantitative estimate of drug-likeness (QED) is 0.689. The molecule has 3 rings (SSSR count). The number of benzene rings is 1. The zero-order valence-corrected chi connectivity index (χ0v) is 18.4. The second-order valence-electron chi connectivity index (χ2n) is 7.74. The van der Waals surface area contributed by atoms with Gasteiger partial charge in [0.2, 0.25) is 15.9 Å². The first-order valence-electron chi connectivity index (χ1n) is 10.0. The Labute approximate surface area is 175 Å². The van der Waals surface area contributed by atoms with Gasteiger partial charge in [-0.05, 0) is 55.3 Å². The normalized spacial score (nSPS) is 19.1. The van der Waals surface area contributed by atoms with E-state index in [0.29, 0.717) is 43.5 Å². The van der Waals surface area contributed by atoms with Crippen LogP contribution in [-0.4, -0.2) is 62.8 Å². The minimum atomic E-state index is -3.50. The second-order valence-corrected chi connectivity index (χ2v) is 9.68. The van der Waals surface area contributed by atoms with Crippen LogP contribution < -0.4 is 5.32 Å². The van der Waals surface area contributed by atoms with E-state index in [1.54, 1.807) is 17.0 Å². The summed E-state index contributed by atoms with van der Waals surface area (Å²) in [4.78, 5) is 14.3. The fourth-order valence-electron chi connectivity index (χ4n) is 3.35. The minimum Gasteiger partial charge on any atom is -0.339 e. The Hall–Kier alpha value is -1.15. The lowest BCUT2D eigenvalue weighted by molar-refractivity contribution is -0.131. The Balaban J connectivity index is 0.00000280. The third-order valence-corrected chi connectivity index (χ3v) is 7.61. The van der Waals surface area contributed by atoms with Crippen molar-refractivity contribution in [3.8, 4) is 0 Å². The van der Waals surface area contributed by atoms with E-state index in [2.05, 4.69) is 19.2 Å². The van der Waals surface area contributed by atoms with E-state index >= 15 is 0 Å². The fourth-order valence-corrected chi connectivity index (χ4v) is 4.77. The molecule has 0 aromatic heterocycles. The van der Waals surface area contributed by atoms with E-state index < -0.39 is 10.0 Å². The highest BCUT2D eigenvalue weighted by atomic mass is 35.5. The van der Waals surface area contributed by atoms with Gasteiger partial charge in [-0.25, -0.2) is 8.42 Å². The maximum absolute atomic E-state index is 12.9. The van der Waals surface area contributed by atoms with Crippen LogP contribution in [0.15, 0.2) is 29.2 Å². The molecule has 2 aliphatic rings. The van der Waals surface area contributed by atoms with Crippen LogP contribution in [0.3, 0.4) is 0 Å². The molecule has 2 fully saturated rings. The van der Waals surface area contributed by atoms with Gasteiger partial charge in [-0.15, -0.1) is 12.4 Å². The van der Waals surface area contributed by atoms with Gasteiger partial charge >= 0.3 is 0 Å². The summed E-state index contributed by atoms with van der Waals surface area (Å²) in [7, 11) is -3.50. The molecule has 8 heteroatoms. The predicted molar refractivity (Wildman–Crippen MR) is 113 cm³/mol. The molecule has 1 heterocycles. The summed E-state index contributed by atoms with van der Waals surface area (Å²) in [5.41, 5.74) is 1.16. The monoisotopic (exact) mass is 429 g/mol. The molecule has 1 saturated carbocycles. The van der Waals surface area contributed by atoms with Gasteiger partial charge in [0, 0.05) is 26.2 Å². The fraction of sp³-hybridized carbons (Fsp3) is 0.650. The molecule has 1 aliphatic carbocycles. The Morgan fingerprint density at radius 3 is 2.29 bits per heavy atom. The van der Waals surface area contributed by atoms with Gasteiger partial charge in [0.15, 0.2) is 0 Å². The number of amides is 1. The first-order chi connectivity index (χ1) is 12.9. The molecule has 0 spiro atoms. The highest BCUT2D eigenvalue weighted by Crippen LogP contribution is 2.27. The number of hydrogen-bond donors (Lipinski definition) is 1. The number of piperazine rings is 1. The molecular weight excluding hydrogens is 398 g/mol. The van der Waals surface area contributed by atoms with Gasteiger partial charge in [-0.3, -0.25) is 4.79 Å². The van der Waals surface area contributed by atoms with E-state index in [9.17, 15) is 13.2 Å². The van der Waals surface area contributed by atoms with Crippen LogP contribution in [-0.2, 0) is 14.8 Å². The van der Waals surface area contributed by atoms with E-state index in [4.69, 9.17) is 0 Å². The van der Waals surface area contributed by atoms with Crippen molar-refractivity contribution in [2.24, 2.45) is 5.92 Å². The number of rotatable bonds is 8. The molecule has 1 aromatic rings. The third kappa shape index (κ3) is 5.69. The van der Waals surface area contributed by atoms with Crippen molar-refractivity contribution < 1.29 is 13.2 Å². The van der Waals surface area contributed by atoms with Crippen LogP contribution in [0.25, 0.3) is 0 Å². The highest BCUT2D eigenvalue weighted by molar-refractivity contribution is 7.89. The van der Waals surface area contributed by atoms with Crippen molar-refractivity contribution in [2.75, 3.05) is 39.3 Å². The third-order valence-electron chi connectivity index (χ3n) is 5.70. The van der Waals surface area contributed by atoms with E-state index in [1.165, 1.54) is 17.1 Å². The lowest BCUT2D eigenvalue weighted by atomic mass is 9.99. The molecule has 1 unspecified atom stereocenters. The molecule has 1 amide bonds. The van der Waals surface area contributed by atoms with Gasteiger partial charge in [-0.1, -0.05) is 26.0 Å². The Morgan fingerprint density at radius 1 is 1.14 bits per heavy atom. The van der Waals surface area contributed by atoms with E-state index in [1.807, 2.05) is 12.1 Å². The highest BCUT2D eigenvalue weighted by Gasteiger charge is 2.30. The second kappa shape index (κ2) is 10.1. The summed E-state index contributed by atoms with van der Waals surface area (Å²) in [6.07, 6.45) is 3.55. The molecule has 1 N–H and O–H groups in total. The molecule has 1 saturated heterocycles. The molecule has 0 radical (unpaired) electrons. The maximum atomic E-state index is 12.9. The molecule has 28 heavy (non-hydrogen) atoms. The van der Waals surface area contributed by atoms with Gasteiger partial charge < -0.3 is 10.2 Å². The zero-order valence-electron chi connectivity index (χ0n) is 16.8. The topological polar surface area (TPSA) is 69.7 Å². The first kappa shape index (κ1) is 23.1. The van der Waals surface area contributed by atoms with Crippen LogP contribution >= 0.6 is 12.4 Å². The van der Waals surface area contributed by atoms with Gasteiger partial charge in [0.05, 0.1) is 11.4 Å². The zero-order chi connectivity index (χ0) is 19.4. The van der Waals surface area contributed by atoms with Crippen molar-refractivity contribution >= 4 is 28.3 Å². The molecule has 1 aliphatic heterocycles. The van der Waals surface area contributed by atoms with Gasteiger partial charge in [-0.2, -0.15) is 4.31 Å². The molecular formula is C20H32ClN3O3S. The van der Waals surface area contributed by atoms with Crippen LogP contribution in [0, 0.1) is 5.92 Å². The molecule has 0 bridgehead atoms. The van der Waals surface area contributed by atoms with Crippen molar-refractivity contribution in [1.82, 2.24) is 14.5 Å². The van der Waals surface area contributed by atoms with Crippen LogP contribution in [0.2, 0.25) is 0 Å². The summed E-state index contributed by atoms with van der Waals surface area (Å²) in [6, 6.07) is 7.23. The van der Waals surface area contributed by atoms with Crippen LogP contribution in [0.1, 0.15) is 44.6 Å². The average Bonchev–Trinajstić information content (AvgIpc) is 3.52. The average molecular weight is 430 g/mol. The van der Waals surface area contributed by atoms with Crippen LogP contribution in [0.4, 0.5) is 0 Å². The summed E-state index contributed by atoms with van der Waals surface area (Å²) in [5, 5.41) is 3.21. The van der Waals surface area contributed by atoms with Crippen molar-refractivity contribution in [1.29, 1.82) is 0 Å². The number of hydrogen-bond acceptors (Lipinski definition) is 4. The summed E-state index contributed by atoms with van der Waals surface area (Å²) in [5.74, 6) is 1.22. The van der Waals surface area contributed by atoms with Crippen molar-refractivity contribution in [3.05, 3.63) is 29.8 Å². The first-order valence-corrected chi connectivity index (χ1v) is 11.4. The number of sulfonamides is 1. The number of nitrogens with one attached hydrogen (secondary N) is 1. The number of nitrogens with zero attached hydrogens (tertiary/aromatic N) is 2. The smallest absolute Gasteiger partial charge is 0.243 e. The number of carbonyl (C=O) groups is 1. The summed E-state index contributed by atoms with van der Waals surface area (Å²) < 4.78 is 27.2. The Morgan fingerprint density at radius 2 is 1.75 bits per heavy atom. The standard InChI is InChI=1S/C20H31N3O3S.ClH/c1-3-16(2)18-6-8-19(9-7-18)27(25,26)23-12-10-22(11-13-23)20(24)15-21-14-17-4-5-17;/h6-9,16-17,21H,3-5,10-15H2,1-2H3;1H. The summed E-state index contributed by atoms with van der Waals surface area (Å²) >= 11 is 0. The number of halogens is 1. The van der Waals surface area contributed by atoms with Crippen LogP contribution in [0.5, 0.6) is 0 Å². The maximum Gasteiger partial charge on any atom is 0.243 e. The molecule has 6 nitrogen and oxygen atoms in total. The Kier molecular flexibility index (Phi) is 8.30. The summed E-state index contributed by atoms with van der Waals surface area (Å²) in [6.45, 7) is 7.12. The largest absolute Gasteiger partial charge is 0.339 e. The van der Waals surface area contributed by atoms with E-state index in [-0.39, 0.29) is 18.3 Å². The molecule has 1 atom stereocenters. The van der Waals surface area contributed by atoms with Gasteiger partial charge in [0.25, 0.3) is 0 Å². The lowest BCUT2D eigenvalue weighted by Crippen LogP contribution is -2.52. The molecule has 158 valence electrons. The van der Waals surface area contributed by atoms with Gasteiger partial charge in [0.1, 0.15) is 0 Å². The number of carbonyl (C=O) groups excluding carboxylic acids is 1. The van der Waals surface area contributed by atoms with E-state index in [0.717, 1.165) is 24.4 Å². The minimum absolute atomic E-state index is 0.